The highest BCUT2D eigenvalue weighted by molar-refractivity contribution is 7.07. The third kappa shape index (κ3) is 4.10. The predicted molar refractivity (Wildman–Crippen MR) is 109 cm³/mol. The van der Waals surface area contributed by atoms with Crippen LogP contribution in [0.2, 0.25) is 0 Å². The third-order valence-electron chi connectivity index (χ3n) is 4.94. The molecule has 0 bridgehead atoms. The van der Waals surface area contributed by atoms with Crippen molar-refractivity contribution in [3.8, 4) is 11.5 Å². The SMILES string of the molecule is CNC(=O)[C@@H](NC(=O)c1nc(-c2cscn2)n2c1CN(C)CCC2)C(C)(C)C. The lowest BCUT2D eigenvalue weighted by atomic mass is 9.86. The van der Waals surface area contributed by atoms with Crippen LogP contribution in [0.1, 0.15) is 43.4 Å². The number of rotatable bonds is 4. The first-order valence-electron chi connectivity index (χ1n) is 9.41. The van der Waals surface area contributed by atoms with Crippen LogP contribution in [0.4, 0.5) is 0 Å². The molecule has 0 saturated carbocycles. The van der Waals surface area contributed by atoms with Crippen molar-refractivity contribution in [3.05, 3.63) is 22.3 Å². The summed E-state index contributed by atoms with van der Waals surface area (Å²) in [4.78, 5) is 36.8. The summed E-state index contributed by atoms with van der Waals surface area (Å²) in [6.45, 7) is 8.13. The van der Waals surface area contributed by atoms with E-state index in [9.17, 15) is 9.59 Å². The normalized spacial score (nSPS) is 16.2. The van der Waals surface area contributed by atoms with E-state index in [0.29, 0.717) is 18.1 Å². The molecule has 3 rings (SSSR count). The molecule has 0 aliphatic carbocycles. The molecule has 0 aromatic carbocycles. The van der Waals surface area contributed by atoms with E-state index in [1.54, 1.807) is 12.6 Å². The van der Waals surface area contributed by atoms with Gasteiger partial charge in [0.2, 0.25) is 5.91 Å². The highest BCUT2D eigenvalue weighted by atomic mass is 32.1. The number of aromatic nitrogens is 3. The van der Waals surface area contributed by atoms with Gasteiger partial charge in [0.25, 0.3) is 5.91 Å². The standard InChI is InChI=1S/C19H28N6O2S/c1-19(2,3)15(18(27)20-4)23-17(26)14-13-9-24(5)7-6-8-25(13)16(22-14)12-10-28-11-21-12/h10-11,15H,6-9H2,1-5H3,(H,20,27)(H,23,26)/t15-/m1/s1. The van der Waals surface area contributed by atoms with Crippen LogP contribution in [0.15, 0.2) is 10.9 Å². The average molecular weight is 405 g/mol. The van der Waals surface area contributed by atoms with Gasteiger partial charge in [-0.1, -0.05) is 20.8 Å². The molecule has 0 radical (unpaired) electrons. The van der Waals surface area contributed by atoms with Crippen LogP contribution in [0.5, 0.6) is 0 Å². The fraction of sp³-hybridized carbons (Fsp3) is 0.579. The largest absolute Gasteiger partial charge is 0.357 e. The van der Waals surface area contributed by atoms with Crippen molar-refractivity contribution in [1.29, 1.82) is 0 Å². The lowest BCUT2D eigenvalue weighted by molar-refractivity contribution is -0.124. The van der Waals surface area contributed by atoms with Gasteiger partial charge in [0, 0.05) is 25.5 Å². The number of nitrogens with zero attached hydrogens (tertiary/aromatic N) is 4. The van der Waals surface area contributed by atoms with E-state index in [4.69, 9.17) is 0 Å². The number of imidazole rings is 1. The Labute approximate surface area is 169 Å². The van der Waals surface area contributed by atoms with Gasteiger partial charge in [-0.2, -0.15) is 0 Å². The third-order valence-corrected chi connectivity index (χ3v) is 5.53. The molecular weight excluding hydrogens is 376 g/mol. The number of carbonyl (C=O) groups excluding carboxylic acids is 2. The van der Waals surface area contributed by atoms with Crippen molar-refractivity contribution >= 4 is 23.2 Å². The van der Waals surface area contributed by atoms with Crippen LogP contribution >= 0.6 is 11.3 Å². The lowest BCUT2D eigenvalue weighted by Crippen LogP contribution is -2.53. The molecule has 28 heavy (non-hydrogen) atoms. The minimum absolute atomic E-state index is 0.219. The Bertz CT molecular complexity index is 853. The summed E-state index contributed by atoms with van der Waals surface area (Å²) >= 11 is 1.50. The Balaban J connectivity index is 2.01. The number of thiazole rings is 1. The Morgan fingerprint density at radius 3 is 2.64 bits per heavy atom. The van der Waals surface area contributed by atoms with E-state index in [1.807, 2.05) is 33.2 Å². The molecule has 1 atom stereocenters. The summed E-state index contributed by atoms with van der Waals surface area (Å²) in [7, 11) is 3.61. The molecule has 0 saturated heterocycles. The number of carbonyl (C=O) groups is 2. The number of hydrogen-bond donors (Lipinski definition) is 2. The quantitative estimate of drug-likeness (QED) is 0.810. The van der Waals surface area contributed by atoms with E-state index in [-0.39, 0.29) is 11.8 Å². The molecule has 0 spiro atoms. The van der Waals surface area contributed by atoms with Crippen molar-refractivity contribution < 1.29 is 9.59 Å². The molecule has 2 aromatic rings. The first kappa shape index (κ1) is 20.5. The van der Waals surface area contributed by atoms with Gasteiger partial charge >= 0.3 is 0 Å². The summed E-state index contributed by atoms with van der Waals surface area (Å²) in [6.07, 6.45) is 0.973. The molecule has 2 N–H and O–H groups in total. The first-order valence-corrected chi connectivity index (χ1v) is 10.4. The van der Waals surface area contributed by atoms with E-state index < -0.39 is 11.5 Å². The van der Waals surface area contributed by atoms with Crippen LogP contribution < -0.4 is 10.6 Å². The van der Waals surface area contributed by atoms with Crippen molar-refractivity contribution in [1.82, 2.24) is 30.1 Å². The molecule has 2 aromatic heterocycles. The Kier molecular flexibility index (Phi) is 5.85. The monoisotopic (exact) mass is 404 g/mol. The molecule has 152 valence electrons. The minimum atomic E-state index is -0.659. The Hall–Kier alpha value is -2.26. The molecule has 1 aliphatic rings. The van der Waals surface area contributed by atoms with Crippen LogP contribution in [0.25, 0.3) is 11.5 Å². The second-order valence-corrected chi connectivity index (χ2v) is 8.95. The van der Waals surface area contributed by atoms with Gasteiger partial charge in [-0.25, -0.2) is 9.97 Å². The van der Waals surface area contributed by atoms with E-state index in [2.05, 4.69) is 30.1 Å². The van der Waals surface area contributed by atoms with Crippen molar-refractivity contribution in [2.75, 3.05) is 20.6 Å². The summed E-state index contributed by atoms with van der Waals surface area (Å²) < 4.78 is 2.10. The molecule has 8 nitrogen and oxygen atoms in total. The summed E-state index contributed by atoms with van der Waals surface area (Å²) in [5, 5.41) is 7.48. The number of fused-ring (bicyclic) bond motifs is 1. The maximum Gasteiger partial charge on any atom is 0.272 e. The Morgan fingerprint density at radius 1 is 1.29 bits per heavy atom. The van der Waals surface area contributed by atoms with Crippen LogP contribution in [0.3, 0.4) is 0 Å². The maximum absolute atomic E-state index is 13.2. The van der Waals surface area contributed by atoms with Gasteiger partial charge in [-0.05, 0) is 25.4 Å². The molecular formula is C19H28N6O2S. The van der Waals surface area contributed by atoms with E-state index in [1.165, 1.54) is 11.3 Å². The fourth-order valence-electron chi connectivity index (χ4n) is 3.44. The zero-order valence-corrected chi connectivity index (χ0v) is 17.9. The van der Waals surface area contributed by atoms with Gasteiger partial charge < -0.3 is 20.1 Å². The zero-order chi connectivity index (χ0) is 20.5. The number of nitrogens with one attached hydrogen (secondary N) is 2. The molecule has 3 heterocycles. The molecule has 0 fully saturated rings. The smallest absolute Gasteiger partial charge is 0.272 e. The first-order chi connectivity index (χ1) is 13.2. The van der Waals surface area contributed by atoms with Gasteiger partial charge in [0.15, 0.2) is 11.5 Å². The highest BCUT2D eigenvalue weighted by Crippen LogP contribution is 2.27. The van der Waals surface area contributed by atoms with Crippen LogP contribution in [-0.4, -0.2) is 57.9 Å². The summed E-state index contributed by atoms with van der Waals surface area (Å²) in [5.74, 6) is 0.163. The molecule has 0 unspecified atom stereocenters. The topological polar surface area (TPSA) is 92.1 Å². The van der Waals surface area contributed by atoms with Gasteiger partial charge in [-0.15, -0.1) is 11.3 Å². The summed E-state index contributed by atoms with van der Waals surface area (Å²) in [5.41, 5.74) is 3.34. The van der Waals surface area contributed by atoms with Crippen LogP contribution in [-0.2, 0) is 17.9 Å². The maximum atomic E-state index is 13.2. The fourth-order valence-corrected chi connectivity index (χ4v) is 3.97. The number of likely N-dealkylation sites (N-methyl/N-ethyl adjacent to an activating group) is 1. The zero-order valence-electron chi connectivity index (χ0n) is 17.1. The van der Waals surface area contributed by atoms with Crippen molar-refractivity contribution in [3.63, 3.8) is 0 Å². The van der Waals surface area contributed by atoms with Crippen LogP contribution in [0, 0.1) is 5.41 Å². The highest BCUT2D eigenvalue weighted by Gasteiger charge is 2.34. The predicted octanol–water partition coefficient (Wildman–Crippen LogP) is 1.73. The average Bonchev–Trinajstić information content (AvgIpc) is 3.22. The van der Waals surface area contributed by atoms with Gasteiger partial charge in [-0.3, -0.25) is 9.59 Å². The number of amides is 2. The van der Waals surface area contributed by atoms with E-state index >= 15 is 0 Å². The van der Waals surface area contributed by atoms with Gasteiger partial charge in [0.05, 0.1) is 11.2 Å². The minimum Gasteiger partial charge on any atom is -0.357 e. The second-order valence-electron chi connectivity index (χ2n) is 8.23. The summed E-state index contributed by atoms with van der Waals surface area (Å²) in [6, 6.07) is -0.659. The van der Waals surface area contributed by atoms with E-state index in [0.717, 1.165) is 30.9 Å². The van der Waals surface area contributed by atoms with Crippen molar-refractivity contribution in [2.24, 2.45) is 5.41 Å². The lowest BCUT2D eigenvalue weighted by Gasteiger charge is -2.29. The Morgan fingerprint density at radius 2 is 2.04 bits per heavy atom. The molecule has 9 heteroatoms. The van der Waals surface area contributed by atoms with Crippen molar-refractivity contribution in [2.45, 2.75) is 46.3 Å². The molecule has 1 aliphatic heterocycles. The van der Waals surface area contributed by atoms with Gasteiger partial charge in [0.1, 0.15) is 11.7 Å². The molecule has 2 amide bonds. The second kappa shape index (κ2) is 8.00. The number of hydrogen-bond acceptors (Lipinski definition) is 6.